The smallest absolute Gasteiger partial charge is 0.295 e. The number of carbonyl (C=O) groups excluding carboxylic acids is 2. The van der Waals surface area contributed by atoms with E-state index in [9.17, 15) is 26.4 Å². The van der Waals surface area contributed by atoms with E-state index >= 15 is 0 Å². The van der Waals surface area contributed by atoms with Crippen LogP contribution in [0.1, 0.15) is 96.6 Å². The van der Waals surface area contributed by atoms with Crippen molar-refractivity contribution in [2.24, 2.45) is 0 Å². The van der Waals surface area contributed by atoms with E-state index in [1.54, 1.807) is 0 Å². The highest BCUT2D eigenvalue weighted by Gasteiger charge is 2.25. The Hall–Kier alpha value is -7.34. The van der Waals surface area contributed by atoms with Crippen LogP contribution >= 0.6 is 0 Å². The van der Waals surface area contributed by atoms with E-state index in [-0.39, 0.29) is 34.7 Å². The third-order valence-corrected chi connectivity index (χ3v) is 16.1. The van der Waals surface area contributed by atoms with Crippen molar-refractivity contribution >= 4 is 76.3 Å². The van der Waals surface area contributed by atoms with E-state index in [0.29, 0.717) is 24.2 Å². The third kappa shape index (κ3) is 12.2. The fourth-order valence-electron chi connectivity index (χ4n) is 10.1. The average Bonchev–Trinajstić information content (AvgIpc) is 4.15. The molecule has 2 aliphatic heterocycles. The van der Waals surface area contributed by atoms with E-state index in [1.165, 1.54) is 24.3 Å². The Bertz CT molecular complexity index is 3460. The number of anilines is 2. The summed E-state index contributed by atoms with van der Waals surface area (Å²) in [7, 11) is -8.94. The number of hydrogen-bond acceptors (Lipinski definition) is 14. The Morgan fingerprint density at radius 1 is 0.551 bits per heavy atom. The van der Waals surface area contributed by atoms with Gasteiger partial charge in [0.15, 0.2) is 11.3 Å². The molecule has 10 rings (SSSR count). The summed E-state index contributed by atoms with van der Waals surface area (Å²) in [5.74, 6) is -0.328. The van der Waals surface area contributed by atoms with Crippen LogP contribution < -0.4 is 21.3 Å². The zero-order chi connectivity index (χ0) is 55.1. The van der Waals surface area contributed by atoms with Crippen molar-refractivity contribution in [3.05, 3.63) is 131 Å². The zero-order valence-corrected chi connectivity index (χ0v) is 45.6. The Kier molecular flexibility index (Phi) is 17.1. The first kappa shape index (κ1) is 55.4. The van der Waals surface area contributed by atoms with Gasteiger partial charge in [-0.2, -0.15) is 27.0 Å². The summed E-state index contributed by atoms with van der Waals surface area (Å²) in [4.78, 5) is 36.3. The molecule has 2 aliphatic rings. The van der Waals surface area contributed by atoms with Gasteiger partial charge >= 0.3 is 0 Å². The summed E-state index contributed by atoms with van der Waals surface area (Å²) in [5.41, 5.74) is 10.6. The predicted octanol–water partition coefficient (Wildman–Crippen LogP) is 8.38. The van der Waals surface area contributed by atoms with Crippen LogP contribution in [0.5, 0.6) is 0 Å². The summed E-state index contributed by atoms with van der Waals surface area (Å²) in [6.45, 7) is 13.3. The van der Waals surface area contributed by atoms with Gasteiger partial charge in [0.1, 0.15) is 9.79 Å². The first-order valence-electron chi connectivity index (χ1n) is 26.3. The van der Waals surface area contributed by atoms with Gasteiger partial charge in [0.2, 0.25) is 0 Å². The monoisotopic (exact) mass is 1100 g/mol. The van der Waals surface area contributed by atoms with Gasteiger partial charge in [-0.15, -0.1) is 0 Å². The SMILES string of the molecule is CCc1nc2c(cnn2CC)c(NC2CCOCC2)c1CNC(=O)c1ccc(-c2ccc(C(=O)NCc3c(CC)nc4c(cnn4CC)c3NC3CCOCC3)cc2)cc1.O=S(=O)(O)c1cccc2c(S(=O)(=O)O)cccc12. The fraction of sp³-hybridized carbons (Fsp3) is 0.357. The number of aromatic nitrogens is 6. The zero-order valence-electron chi connectivity index (χ0n) is 44.0. The van der Waals surface area contributed by atoms with Gasteiger partial charge in [-0.05, 0) is 99.9 Å². The lowest BCUT2D eigenvalue weighted by atomic mass is 10.0. The molecule has 2 fully saturated rings. The van der Waals surface area contributed by atoms with E-state index in [1.807, 2.05) is 70.3 Å². The number of rotatable bonds is 17. The second-order valence-corrected chi connectivity index (χ2v) is 21.8. The highest BCUT2D eigenvalue weighted by Crippen LogP contribution is 2.34. The molecule has 6 N–H and O–H groups in total. The minimum atomic E-state index is -4.47. The molecule has 6 heterocycles. The number of benzene rings is 4. The Morgan fingerprint density at radius 2 is 0.923 bits per heavy atom. The van der Waals surface area contributed by atoms with Crippen LogP contribution in [0.3, 0.4) is 0 Å². The number of pyridine rings is 2. The van der Waals surface area contributed by atoms with E-state index in [0.717, 1.165) is 157 Å². The Balaban J connectivity index is 0.000000347. The first-order chi connectivity index (χ1) is 37.6. The van der Waals surface area contributed by atoms with Crippen molar-refractivity contribution in [1.82, 2.24) is 40.2 Å². The molecule has 2 amide bonds. The molecule has 2 saturated heterocycles. The van der Waals surface area contributed by atoms with Gasteiger partial charge in [-0.3, -0.25) is 18.7 Å². The predicted molar refractivity (Wildman–Crippen MR) is 298 cm³/mol. The molecule has 0 unspecified atom stereocenters. The minimum Gasteiger partial charge on any atom is -0.381 e. The van der Waals surface area contributed by atoms with Crippen LogP contribution in [0.4, 0.5) is 11.4 Å². The van der Waals surface area contributed by atoms with Crippen LogP contribution in [-0.2, 0) is 68.7 Å². The number of carbonyl (C=O) groups is 2. The molecule has 0 aliphatic carbocycles. The van der Waals surface area contributed by atoms with Crippen molar-refractivity contribution in [2.75, 3.05) is 37.1 Å². The summed E-state index contributed by atoms with van der Waals surface area (Å²) in [6, 6.07) is 23.2. The molecule has 8 aromatic rings. The van der Waals surface area contributed by atoms with Gasteiger partial charge in [0.25, 0.3) is 32.1 Å². The molecule has 0 saturated carbocycles. The van der Waals surface area contributed by atoms with Gasteiger partial charge in [0, 0.05) is 109 Å². The second kappa shape index (κ2) is 24.1. The minimum absolute atomic E-state index is 0.0233. The quantitative estimate of drug-likeness (QED) is 0.0467. The molecule has 410 valence electrons. The van der Waals surface area contributed by atoms with Gasteiger partial charge < -0.3 is 30.7 Å². The molecule has 0 radical (unpaired) electrons. The summed E-state index contributed by atoms with van der Waals surface area (Å²) < 4.78 is 77.8. The normalized spacial score (nSPS) is 14.5. The molecule has 0 bridgehead atoms. The maximum atomic E-state index is 13.6. The molecule has 22 heteroatoms. The Morgan fingerprint density at radius 3 is 1.26 bits per heavy atom. The van der Waals surface area contributed by atoms with Crippen molar-refractivity contribution in [2.45, 2.75) is 114 Å². The van der Waals surface area contributed by atoms with Crippen LogP contribution in [-0.4, -0.2) is 106 Å². The van der Waals surface area contributed by atoms with Crippen molar-refractivity contribution in [3.63, 3.8) is 0 Å². The lowest BCUT2D eigenvalue weighted by molar-refractivity contribution is 0.0903. The highest BCUT2D eigenvalue weighted by molar-refractivity contribution is 7.86. The van der Waals surface area contributed by atoms with Gasteiger partial charge in [-0.25, -0.2) is 19.3 Å². The van der Waals surface area contributed by atoms with E-state index in [4.69, 9.17) is 28.5 Å². The topological polar surface area (TPSA) is 271 Å². The lowest BCUT2D eigenvalue weighted by Crippen LogP contribution is -2.30. The maximum Gasteiger partial charge on any atom is 0.295 e. The van der Waals surface area contributed by atoms with Crippen molar-refractivity contribution < 1.29 is 45.0 Å². The van der Waals surface area contributed by atoms with Crippen LogP contribution in [0.25, 0.3) is 44.0 Å². The number of nitrogens with one attached hydrogen (secondary N) is 4. The van der Waals surface area contributed by atoms with Crippen molar-refractivity contribution in [1.29, 1.82) is 0 Å². The second-order valence-electron chi connectivity index (χ2n) is 19.1. The lowest BCUT2D eigenvalue weighted by Gasteiger charge is -2.26. The molecular weight excluding hydrogens is 1040 g/mol. The van der Waals surface area contributed by atoms with Crippen molar-refractivity contribution in [3.8, 4) is 11.1 Å². The standard InChI is InChI=1S/C46H56N10O4.C10H8O6S2/c1-5-39-35(41(51-33-17-21-59-22-18-33)37-27-49-55(7-3)43(37)53-39)25-47-45(57)31-13-9-29(10-14-31)30-11-15-32(16-12-30)46(58)48-26-36-40(6-2)54-44-38(28-50-56(44)8-4)42(36)52-34-19-23-60-24-20-34;11-17(12,13)9-5-1-3-7-8(9)4-2-6-10(7)18(14,15)16/h9-16,27-28,33-34H,5-8,17-26H2,1-4H3,(H,47,57)(H,48,58)(H,51,53)(H,52,54);1-6H,(H,11,12,13)(H,14,15,16). The molecule has 78 heavy (non-hydrogen) atoms. The molecular formula is C56H64N10O10S2. The van der Waals surface area contributed by atoms with E-state index in [2.05, 4.69) is 59.2 Å². The molecule has 0 spiro atoms. The highest BCUT2D eigenvalue weighted by atomic mass is 32.2. The molecule has 4 aromatic heterocycles. The number of aryl methyl sites for hydroxylation is 4. The number of fused-ring (bicyclic) bond motifs is 3. The molecule has 20 nitrogen and oxygen atoms in total. The van der Waals surface area contributed by atoms with Crippen LogP contribution in [0.15, 0.2) is 107 Å². The Labute approximate surface area is 452 Å². The number of amides is 2. The molecule has 0 atom stereocenters. The maximum absolute atomic E-state index is 13.6. The summed E-state index contributed by atoms with van der Waals surface area (Å²) in [5, 5.41) is 25.1. The summed E-state index contributed by atoms with van der Waals surface area (Å²) >= 11 is 0. The number of hydrogen-bond donors (Lipinski definition) is 6. The van der Waals surface area contributed by atoms with Crippen LogP contribution in [0.2, 0.25) is 0 Å². The van der Waals surface area contributed by atoms with E-state index < -0.39 is 30.0 Å². The largest absolute Gasteiger partial charge is 0.381 e. The average molecular weight is 1100 g/mol. The third-order valence-electron chi connectivity index (χ3n) is 14.2. The van der Waals surface area contributed by atoms with Gasteiger partial charge in [0.05, 0.1) is 34.5 Å². The molecule has 4 aromatic carbocycles. The van der Waals surface area contributed by atoms with Gasteiger partial charge in [-0.1, -0.05) is 62.4 Å². The van der Waals surface area contributed by atoms with Crippen LogP contribution in [0, 0.1) is 0 Å². The fourth-order valence-corrected chi connectivity index (χ4v) is 11.5. The first-order valence-corrected chi connectivity index (χ1v) is 29.1. The number of ether oxygens (including phenoxy) is 2. The number of nitrogens with zero attached hydrogens (tertiary/aromatic N) is 6. The summed E-state index contributed by atoms with van der Waals surface area (Å²) in [6.07, 6.45) is 8.87.